The van der Waals surface area contributed by atoms with E-state index in [9.17, 15) is 13.2 Å². The summed E-state index contributed by atoms with van der Waals surface area (Å²) in [6, 6.07) is 16.5. The minimum Gasteiger partial charge on any atom is -0.348 e. The van der Waals surface area contributed by atoms with Gasteiger partial charge in [0, 0.05) is 31.2 Å². The monoisotopic (exact) mass is 493 g/mol. The van der Waals surface area contributed by atoms with Crippen LogP contribution in [0.1, 0.15) is 11.1 Å². The first-order valence-corrected chi connectivity index (χ1v) is 12.0. The predicted octanol–water partition coefficient (Wildman–Crippen LogP) is 4.05. The predicted molar refractivity (Wildman–Crippen MR) is 131 cm³/mol. The fraction of sp³-hybridized carbons (Fsp3) is 0.0417. The third kappa shape index (κ3) is 5.89. The number of hydrogen-bond acceptors (Lipinski definition) is 5. The van der Waals surface area contributed by atoms with Crippen molar-refractivity contribution >= 4 is 39.3 Å². The van der Waals surface area contributed by atoms with Crippen LogP contribution in [0, 0.1) is 0 Å². The van der Waals surface area contributed by atoms with E-state index in [-0.39, 0.29) is 10.8 Å². The summed E-state index contributed by atoms with van der Waals surface area (Å²) in [5.41, 5.74) is 1.83. The second kappa shape index (κ2) is 10.3. The highest BCUT2D eigenvalue weighted by Gasteiger charge is 2.15. The molecule has 0 aliphatic heterocycles. The lowest BCUT2D eigenvalue weighted by Crippen LogP contribution is -2.20. The number of benzene rings is 2. The van der Waals surface area contributed by atoms with Gasteiger partial charge in [-0.05, 0) is 47.5 Å². The number of carbonyl (C=O) groups is 1. The van der Waals surface area contributed by atoms with E-state index in [1.54, 1.807) is 72.0 Å². The summed E-state index contributed by atoms with van der Waals surface area (Å²) in [7, 11) is -3.79. The van der Waals surface area contributed by atoms with Gasteiger partial charge in [0.15, 0.2) is 0 Å². The summed E-state index contributed by atoms with van der Waals surface area (Å²) in [4.78, 5) is 20.6. The van der Waals surface area contributed by atoms with Crippen LogP contribution in [0.25, 0.3) is 11.9 Å². The Balaban J connectivity index is 1.32. The lowest BCUT2D eigenvalue weighted by Gasteiger charge is -2.09. The van der Waals surface area contributed by atoms with Gasteiger partial charge in [-0.2, -0.15) is 0 Å². The molecule has 4 rings (SSSR count). The SMILES string of the molecule is O=C(/C=C/c1ccc(S(=O)(=O)Nc2ccccc2Cl)cc1)NCc1ccc(-n2ccnc2)nc1. The number of nitrogens with one attached hydrogen (secondary N) is 2. The minimum absolute atomic E-state index is 0.0839. The average Bonchev–Trinajstić information content (AvgIpc) is 3.38. The number of imidazole rings is 1. The van der Waals surface area contributed by atoms with E-state index >= 15 is 0 Å². The molecule has 0 fully saturated rings. The van der Waals surface area contributed by atoms with Crippen molar-refractivity contribution in [3.05, 3.63) is 108 Å². The molecular formula is C24H20ClN5O3S. The van der Waals surface area contributed by atoms with Crippen molar-refractivity contribution in [3.8, 4) is 5.82 Å². The molecule has 2 N–H and O–H groups in total. The quantitative estimate of drug-likeness (QED) is 0.360. The first-order valence-electron chi connectivity index (χ1n) is 10.2. The molecule has 0 aliphatic rings. The molecule has 4 aromatic rings. The number of para-hydroxylation sites is 1. The second-order valence-corrected chi connectivity index (χ2v) is 9.29. The van der Waals surface area contributed by atoms with Gasteiger partial charge in [-0.3, -0.25) is 14.1 Å². The smallest absolute Gasteiger partial charge is 0.261 e. The Morgan fingerprint density at radius 2 is 1.85 bits per heavy atom. The number of halogens is 1. The second-order valence-electron chi connectivity index (χ2n) is 7.20. The highest BCUT2D eigenvalue weighted by Crippen LogP contribution is 2.24. The van der Waals surface area contributed by atoms with E-state index in [1.165, 1.54) is 18.2 Å². The topological polar surface area (TPSA) is 106 Å². The van der Waals surface area contributed by atoms with Gasteiger partial charge in [-0.1, -0.05) is 41.9 Å². The van der Waals surface area contributed by atoms with Crippen molar-refractivity contribution in [2.24, 2.45) is 0 Å². The van der Waals surface area contributed by atoms with Crippen LogP contribution in [-0.4, -0.2) is 28.9 Å². The zero-order valence-corrected chi connectivity index (χ0v) is 19.4. The van der Waals surface area contributed by atoms with Gasteiger partial charge in [0.2, 0.25) is 5.91 Å². The Morgan fingerprint density at radius 3 is 2.53 bits per heavy atom. The zero-order chi connectivity index (χ0) is 24.0. The summed E-state index contributed by atoms with van der Waals surface area (Å²) < 4.78 is 29.4. The maximum Gasteiger partial charge on any atom is 0.261 e. The van der Waals surface area contributed by atoms with Crippen LogP contribution >= 0.6 is 11.6 Å². The molecule has 0 aliphatic carbocycles. The van der Waals surface area contributed by atoms with E-state index in [1.807, 2.05) is 12.1 Å². The molecule has 0 saturated carbocycles. The van der Waals surface area contributed by atoms with Gasteiger partial charge in [0.05, 0.1) is 15.6 Å². The van der Waals surface area contributed by atoms with Crippen molar-refractivity contribution in [3.63, 3.8) is 0 Å². The zero-order valence-electron chi connectivity index (χ0n) is 17.8. The van der Waals surface area contributed by atoms with Crippen LogP contribution in [0.15, 0.2) is 96.6 Å². The Bertz CT molecular complexity index is 1400. The van der Waals surface area contributed by atoms with Crippen molar-refractivity contribution in [1.82, 2.24) is 19.9 Å². The lowest BCUT2D eigenvalue weighted by molar-refractivity contribution is -0.116. The molecule has 0 atom stereocenters. The molecule has 2 heterocycles. The average molecular weight is 494 g/mol. The van der Waals surface area contributed by atoms with Gasteiger partial charge in [-0.15, -0.1) is 0 Å². The molecule has 10 heteroatoms. The number of carbonyl (C=O) groups excluding carboxylic acids is 1. The van der Waals surface area contributed by atoms with E-state index in [0.29, 0.717) is 22.8 Å². The first kappa shape index (κ1) is 23.2. The van der Waals surface area contributed by atoms with E-state index in [2.05, 4.69) is 20.0 Å². The highest BCUT2D eigenvalue weighted by atomic mass is 35.5. The summed E-state index contributed by atoms with van der Waals surface area (Å²) in [6.07, 6.45) is 9.81. The van der Waals surface area contributed by atoms with Crippen LogP contribution < -0.4 is 10.0 Å². The van der Waals surface area contributed by atoms with Crippen LogP contribution in [0.5, 0.6) is 0 Å². The number of hydrogen-bond donors (Lipinski definition) is 2. The number of sulfonamides is 1. The van der Waals surface area contributed by atoms with Gasteiger partial charge in [0.25, 0.3) is 10.0 Å². The molecule has 2 aromatic carbocycles. The number of pyridine rings is 1. The van der Waals surface area contributed by atoms with E-state index < -0.39 is 10.0 Å². The van der Waals surface area contributed by atoms with Crippen molar-refractivity contribution < 1.29 is 13.2 Å². The first-order chi connectivity index (χ1) is 16.4. The molecule has 0 radical (unpaired) electrons. The Morgan fingerprint density at radius 1 is 1.06 bits per heavy atom. The van der Waals surface area contributed by atoms with Gasteiger partial charge < -0.3 is 5.32 Å². The number of nitrogens with zero attached hydrogens (tertiary/aromatic N) is 3. The van der Waals surface area contributed by atoms with Gasteiger partial charge in [-0.25, -0.2) is 18.4 Å². The summed E-state index contributed by atoms with van der Waals surface area (Å²) in [5.74, 6) is 0.454. The third-order valence-corrected chi connectivity index (χ3v) is 6.49. The summed E-state index contributed by atoms with van der Waals surface area (Å²) >= 11 is 6.03. The largest absolute Gasteiger partial charge is 0.348 e. The molecule has 0 unspecified atom stereocenters. The molecule has 8 nitrogen and oxygen atoms in total. The maximum atomic E-state index is 12.6. The third-order valence-electron chi connectivity index (χ3n) is 4.78. The van der Waals surface area contributed by atoms with Crippen molar-refractivity contribution in [2.45, 2.75) is 11.4 Å². The minimum atomic E-state index is -3.79. The highest BCUT2D eigenvalue weighted by molar-refractivity contribution is 7.92. The fourth-order valence-corrected chi connectivity index (χ4v) is 4.31. The Hall–Kier alpha value is -3.95. The molecule has 172 valence electrons. The van der Waals surface area contributed by atoms with Crippen LogP contribution in [0.2, 0.25) is 5.02 Å². The molecule has 0 saturated heterocycles. The van der Waals surface area contributed by atoms with Crippen LogP contribution in [-0.2, 0) is 21.4 Å². The number of anilines is 1. The van der Waals surface area contributed by atoms with Crippen LogP contribution in [0.4, 0.5) is 5.69 Å². The molecule has 0 spiro atoms. The molecule has 1 amide bonds. The summed E-state index contributed by atoms with van der Waals surface area (Å²) in [5, 5.41) is 3.10. The normalized spacial score (nSPS) is 11.4. The van der Waals surface area contributed by atoms with E-state index in [4.69, 9.17) is 11.6 Å². The van der Waals surface area contributed by atoms with Crippen molar-refractivity contribution in [1.29, 1.82) is 0 Å². The van der Waals surface area contributed by atoms with E-state index in [0.717, 1.165) is 11.4 Å². The van der Waals surface area contributed by atoms with Gasteiger partial charge >= 0.3 is 0 Å². The molecule has 0 bridgehead atoms. The summed E-state index contributed by atoms with van der Waals surface area (Å²) in [6.45, 7) is 0.325. The maximum absolute atomic E-state index is 12.6. The fourth-order valence-electron chi connectivity index (χ4n) is 2.99. The standard InChI is InChI=1S/C24H20ClN5O3S/c25-21-3-1-2-4-22(21)29-34(32,33)20-9-5-18(6-10-20)8-12-24(31)28-16-19-7-11-23(27-15-19)30-14-13-26-17-30/h1-15,17,29H,16H2,(H,28,31)/b12-8+. The molecular weight excluding hydrogens is 474 g/mol. The van der Waals surface area contributed by atoms with Crippen molar-refractivity contribution in [2.75, 3.05) is 4.72 Å². The number of aromatic nitrogens is 3. The van der Waals surface area contributed by atoms with Crippen LogP contribution in [0.3, 0.4) is 0 Å². The van der Waals surface area contributed by atoms with Gasteiger partial charge in [0.1, 0.15) is 12.1 Å². The Kier molecular flexibility index (Phi) is 7.05. The lowest BCUT2D eigenvalue weighted by atomic mass is 10.2. The molecule has 34 heavy (non-hydrogen) atoms. The Labute approximate surface area is 202 Å². The number of rotatable bonds is 8. The number of amides is 1. The molecule has 2 aromatic heterocycles.